The highest BCUT2D eigenvalue weighted by Crippen LogP contribution is 2.29. The predicted molar refractivity (Wildman–Crippen MR) is 146 cm³/mol. The highest BCUT2D eigenvalue weighted by molar-refractivity contribution is 6.40. The summed E-state index contributed by atoms with van der Waals surface area (Å²) < 4.78 is 60.1. The maximum Gasteiger partial charge on any atom is 0.313 e. The summed E-state index contributed by atoms with van der Waals surface area (Å²) in [6.07, 6.45) is -3.35. The lowest BCUT2D eigenvalue weighted by molar-refractivity contribution is -0.141. The van der Waals surface area contributed by atoms with Crippen LogP contribution in [0.25, 0.3) is 10.8 Å². The van der Waals surface area contributed by atoms with Crippen LogP contribution in [0.4, 0.5) is 23.2 Å². The Hall–Kier alpha value is -5.01. The average Bonchev–Trinajstić information content (AvgIpc) is 3.03. The predicted octanol–water partition coefficient (Wildman–Crippen LogP) is 3.70. The van der Waals surface area contributed by atoms with E-state index in [-0.39, 0.29) is 12.2 Å². The van der Waals surface area contributed by atoms with E-state index in [1.807, 2.05) is 0 Å². The van der Waals surface area contributed by atoms with Crippen LogP contribution in [0.3, 0.4) is 0 Å². The van der Waals surface area contributed by atoms with Gasteiger partial charge >= 0.3 is 17.8 Å². The lowest BCUT2D eigenvalue weighted by Crippen LogP contribution is -2.56. The Morgan fingerprint density at radius 1 is 0.953 bits per heavy atom. The van der Waals surface area contributed by atoms with Gasteiger partial charge in [0.15, 0.2) is 29.4 Å². The van der Waals surface area contributed by atoms with Crippen molar-refractivity contribution in [3.05, 3.63) is 77.9 Å². The van der Waals surface area contributed by atoms with E-state index in [1.165, 1.54) is 13.8 Å². The number of carbonyl (C=O) groups is 5. The molecular weight excluding hydrogens is 578 g/mol. The quantitative estimate of drug-likeness (QED) is 0.225. The smallest absolute Gasteiger partial charge is 0.313 e. The summed E-state index contributed by atoms with van der Waals surface area (Å²) >= 11 is 0. The summed E-state index contributed by atoms with van der Waals surface area (Å²) in [5.74, 6) is -13.3. The molecule has 0 fully saturated rings. The Morgan fingerprint density at radius 2 is 1.63 bits per heavy atom. The van der Waals surface area contributed by atoms with E-state index in [1.54, 1.807) is 42.5 Å². The Balaban J connectivity index is 1.69. The van der Waals surface area contributed by atoms with E-state index in [0.717, 1.165) is 5.39 Å². The van der Waals surface area contributed by atoms with Gasteiger partial charge in [0, 0.05) is 17.1 Å². The Kier molecular flexibility index (Phi) is 10.8. The summed E-state index contributed by atoms with van der Waals surface area (Å²) in [5.41, 5.74) is 0.334. The van der Waals surface area contributed by atoms with Crippen LogP contribution in [0.1, 0.15) is 20.3 Å². The highest BCUT2D eigenvalue weighted by Gasteiger charge is 2.33. The molecule has 43 heavy (non-hydrogen) atoms. The van der Waals surface area contributed by atoms with Crippen molar-refractivity contribution in [2.24, 2.45) is 5.92 Å². The van der Waals surface area contributed by atoms with Crippen molar-refractivity contribution in [2.75, 3.05) is 11.9 Å². The summed E-state index contributed by atoms with van der Waals surface area (Å²) in [7, 11) is 0. The molecule has 4 N–H and O–H groups in total. The van der Waals surface area contributed by atoms with E-state index >= 15 is 0 Å². The van der Waals surface area contributed by atoms with Crippen LogP contribution in [-0.2, 0) is 28.7 Å². The first kappa shape index (κ1) is 32.5. The van der Waals surface area contributed by atoms with Crippen molar-refractivity contribution in [3.63, 3.8) is 0 Å². The van der Waals surface area contributed by atoms with Crippen LogP contribution >= 0.6 is 0 Å². The minimum Gasteiger partial charge on any atom is -0.483 e. The molecule has 3 rings (SSSR count). The minimum atomic E-state index is -2.61. The summed E-state index contributed by atoms with van der Waals surface area (Å²) in [6.45, 7) is 1.78. The van der Waals surface area contributed by atoms with E-state index < -0.39 is 89.9 Å². The number of halogens is 4. The van der Waals surface area contributed by atoms with Gasteiger partial charge in [0.1, 0.15) is 24.5 Å². The lowest BCUT2D eigenvalue weighted by atomic mass is 10.0. The Morgan fingerprint density at radius 3 is 2.30 bits per heavy atom. The molecule has 0 bridgehead atoms. The molecule has 2 aromatic rings. The lowest BCUT2D eigenvalue weighted by Gasteiger charge is -2.24. The normalized spacial score (nSPS) is 16.4. The fraction of sp³-hybridized carbons (Fsp3) is 0.276. The van der Waals surface area contributed by atoms with Crippen LogP contribution in [0, 0.1) is 5.92 Å². The number of carbonyl (C=O) groups excluding carboxylic acids is 4. The van der Waals surface area contributed by atoms with E-state index in [9.17, 15) is 46.6 Å². The molecule has 14 heteroatoms. The zero-order valence-corrected chi connectivity index (χ0v) is 22.8. The molecule has 0 saturated carbocycles. The number of hydrogen-bond donors (Lipinski definition) is 4. The number of carboxylic acid groups (broad SMARTS) is 1. The average molecular weight is 606 g/mol. The molecule has 0 radical (unpaired) electrons. The van der Waals surface area contributed by atoms with Gasteiger partial charge in [-0.1, -0.05) is 50.2 Å². The van der Waals surface area contributed by atoms with Crippen molar-refractivity contribution >= 4 is 45.9 Å². The second kappa shape index (κ2) is 14.2. The number of anilines is 1. The number of ketones is 1. The highest BCUT2D eigenvalue weighted by atomic mass is 19.2. The molecule has 3 atom stereocenters. The van der Waals surface area contributed by atoms with Gasteiger partial charge in [-0.15, -0.1) is 0 Å². The number of aliphatic carboxylic acids is 1. The molecule has 0 saturated heterocycles. The number of Topliss-reactive ketones (excluding diaryl/α,β-unsaturated/α-hetero) is 1. The van der Waals surface area contributed by atoms with E-state index in [2.05, 4.69) is 16.0 Å². The monoisotopic (exact) mass is 605 g/mol. The van der Waals surface area contributed by atoms with Crippen molar-refractivity contribution in [2.45, 2.75) is 38.5 Å². The zero-order chi connectivity index (χ0) is 31.8. The minimum absolute atomic E-state index is 0.0657. The number of benzene rings is 2. The van der Waals surface area contributed by atoms with Crippen molar-refractivity contribution in [1.29, 1.82) is 0 Å². The number of hydrogen-bond acceptors (Lipinski definition) is 6. The van der Waals surface area contributed by atoms with Gasteiger partial charge in [0.05, 0.1) is 6.42 Å². The fourth-order valence-corrected chi connectivity index (χ4v) is 4.02. The van der Waals surface area contributed by atoms with E-state index in [4.69, 9.17) is 4.74 Å². The molecule has 2 unspecified atom stereocenters. The summed E-state index contributed by atoms with van der Waals surface area (Å²) in [5, 5.41) is 17.5. The van der Waals surface area contributed by atoms with Gasteiger partial charge in [-0.3, -0.25) is 24.0 Å². The maximum atomic E-state index is 14.2. The van der Waals surface area contributed by atoms with Crippen LogP contribution in [0.5, 0.6) is 0 Å². The second-order valence-corrected chi connectivity index (χ2v) is 9.71. The topological polar surface area (TPSA) is 151 Å². The molecule has 1 aliphatic rings. The van der Waals surface area contributed by atoms with Crippen LogP contribution in [0.15, 0.2) is 77.9 Å². The van der Waals surface area contributed by atoms with Gasteiger partial charge in [-0.2, -0.15) is 4.39 Å². The molecule has 3 amide bonds. The van der Waals surface area contributed by atoms with Gasteiger partial charge in [-0.05, 0) is 23.4 Å². The van der Waals surface area contributed by atoms with Crippen molar-refractivity contribution in [1.82, 2.24) is 10.6 Å². The molecule has 228 valence electrons. The third kappa shape index (κ3) is 8.50. The number of allylic oxidation sites excluding steroid dienone is 5. The number of fused-ring (bicyclic) bond motifs is 1. The molecule has 10 nitrogen and oxygen atoms in total. The number of rotatable bonds is 11. The molecular formula is C29H27F4N3O7. The fourth-order valence-electron chi connectivity index (χ4n) is 4.02. The number of carboxylic acids is 1. The summed E-state index contributed by atoms with van der Waals surface area (Å²) in [4.78, 5) is 62.4. The Labute approximate surface area is 242 Å². The van der Waals surface area contributed by atoms with Crippen LogP contribution in [0.2, 0.25) is 0 Å². The number of amides is 3. The first-order chi connectivity index (χ1) is 20.3. The van der Waals surface area contributed by atoms with E-state index in [0.29, 0.717) is 11.1 Å². The third-order valence-electron chi connectivity index (χ3n) is 6.18. The zero-order valence-electron chi connectivity index (χ0n) is 22.8. The molecule has 0 spiro atoms. The maximum absolute atomic E-state index is 14.2. The molecule has 2 aromatic carbocycles. The Bertz CT molecular complexity index is 1530. The van der Waals surface area contributed by atoms with Gasteiger partial charge in [0.2, 0.25) is 5.91 Å². The number of nitrogens with one attached hydrogen (secondary N) is 3. The van der Waals surface area contributed by atoms with Crippen molar-refractivity contribution in [3.8, 4) is 0 Å². The SMILES string of the molecule is CC(C)[C@H](NC(=O)C(=O)Nc1cccc2ccccc12)C(=O)NC(CC(=O)O)C(=O)COC1=C(F)C(F)=CC(F)=CC1F. The molecule has 0 heterocycles. The van der Waals surface area contributed by atoms with Crippen LogP contribution < -0.4 is 16.0 Å². The molecule has 0 aliphatic heterocycles. The van der Waals surface area contributed by atoms with Crippen molar-refractivity contribution < 1.29 is 51.4 Å². The summed E-state index contributed by atoms with van der Waals surface area (Å²) in [6, 6.07) is 8.85. The standard InChI is InChI=1S/C29H27F4N3O7/c1-14(2)25(36-29(42)28(41)34-20-9-5-7-15-6-3-4-8-17(15)20)27(40)35-21(12-23(38)39)22(37)13-43-26-19(32)11-16(30)10-18(31)24(26)33/h3-11,14,19,21,25H,12-13H2,1-2H3,(H,34,41)(H,35,40)(H,36,42)(H,38,39)/t19?,21?,25-/m0/s1. The molecule has 0 aromatic heterocycles. The largest absolute Gasteiger partial charge is 0.483 e. The van der Waals surface area contributed by atoms with Gasteiger partial charge in [0.25, 0.3) is 0 Å². The first-order valence-corrected chi connectivity index (χ1v) is 12.8. The van der Waals surface area contributed by atoms with Crippen LogP contribution in [-0.4, -0.2) is 59.4 Å². The number of alkyl halides is 1. The van der Waals surface area contributed by atoms with Gasteiger partial charge in [-0.25, -0.2) is 13.2 Å². The van der Waals surface area contributed by atoms with Gasteiger partial charge < -0.3 is 25.8 Å². The first-order valence-electron chi connectivity index (χ1n) is 12.8. The third-order valence-corrected chi connectivity index (χ3v) is 6.18. The second-order valence-electron chi connectivity index (χ2n) is 9.71. The number of ether oxygens (including phenoxy) is 1. The molecule has 1 aliphatic carbocycles.